The Bertz CT molecular complexity index is 2260. The van der Waals surface area contributed by atoms with Crippen LogP contribution in [-0.2, 0) is 0 Å². The van der Waals surface area contributed by atoms with Crippen molar-refractivity contribution in [3.8, 4) is 44.5 Å². The molecule has 1 saturated carbocycles. The first-order valence-electron chi connectivity index (χ1n) is 20.1. The average molecular weight is 717 g/mol. The molecule has 4 atom stereocenters. The molecule has 1 aliphatic rings. The lowest BCUT2D eigenvalue weighted by atomic mass is 9.65. The Hall–Kier alpha value is -5.86. The summed E-state index contributed by atoms with van der Waals surface area (Å²) in [6, 6.07) is 69.8. The maximum absolute atomic E-state index is 2.67. The molecule has 55 heavy (non-hydrogen) atoms. The SMILES string of the molecule is CC([C@H]1CC[C@@H]1[C@H](C)N(c1ccc(-c2ccccc2)cc1)C(C)C)N(c1ccc(-c2ccccc2)cc1)c1ccc(-c2ccccc2)cc1-c1ccccc1. The van der Waals surface area contributed by atoms with Crippen LogP contribution >= 0.6 is 0 Å². The fourth-order valence-corrected chi connectivity index (χ4v) is 9.05. The lowest BCUT2D eigenvalue weighted by molar-refractivity contribution is 0.120. The molecule has 0 aromatic heterocycles. The third-order valence-electron chi connectivity index (χ3n) is 12.0. The van der Waals surface area contributed by atoms with Crippen LogP contribution < -0.4 is 9.80 Å². The highest BCUT2D eigenvalue weighted by molar-refractivity contribution is 5.87. The van der Waals surface area contributed by atoms with E-state index in [9.17, 15) is 0 Å². The van der Waals surface area contributed by atoms with Crippen molar-refractivity contribution in [3.05, 3.63) is 188 Å². The molecule has 2 heteroatoms. The standard InChI is InChI=1S/C53H52N2/c1-38(2)54(48-30-25-44(26-31-48)41-17-9-5-10-18-41)39(3)50-34-35-51(50)40(4)55(49-32-27-45(28-33-49)42-19-11-6-12-20-42)53-36-29-47(43-21-13-7-14-22-43)37-52(53)46-23-15-8-16-24-46/h5-33,36-40,50-51H,34-35H2,1-4H3/t39-,40?,50+,51+/m0/s1. The molecule has 1 fully saturated rings. The Kier molecular flexibility index (Phi) is 10.7. The van der Waals surface area contributed by atoms with Gasteiger partial charge in [-0.05, 0) is 128 Å². The summed E-state index contributed by atoms with van der Waals surface area (Å²) in [6.45, 7) is 9.64. The molecule has 8 rings (SSSR count). The Balaban J connectivity index is 1.17. The van der Waals surface area contributed by atoms with Crippen LogP contribution in [-0.4, -0.2) is 18.1 Å². The van der Waals surface area contributed by atoms with Crippen molar-refractivity contribution in [1.82, 2.24) is 0 Å². The van der Waals surface area contributed by atoms with Gasteiger partial charge in [0, 0.05) is 40.8 Å². The van der Waals surface area contributed by atoms with Crippen molar-refractivity contribution in [1.29, 1.82) is 0 Å². The molecular weight excluding hydrogens is 665 g/mol. The predicted molar refractivity (Wildman–Crippen MR) is 236 cm³/mol. The van der Waals surface area contributed by atoms with E-state index in [0.29, 0.717) is 23.9 Å². The maximum Gasteiger partial charge on any atom is 0.0493 e. The first-order chi connectivity index (χ1) is 27.0. The van der Waals surface area contributed by atoms with Gasteiger partial charge in [-0.2, -0.15) is 0 Å². The fraction of sp³-hybridized carbons (Fsp3) is 0.208. The molecule has 0 N–H and O–H groups in total. The summed E-state index contributed by atoms with van der Waals surface area (Å²) in [7, 11) is 0. The van der Waals surface area contributed by atoms with E-state index in [-0.39, 0.29) is 6.04 Å². The van der Waals surface area contributed by atoms with Crippen LogP contribution in [0, 0.1) is 11.8 Å². The minimum Gasteiger partial charge on any atom is -0.366 e. The molecule has 7 aromatic rings. The molecule has 0 aliphatic heterocycles. The molecule has 7 aromatic carbocycles. The molecule has 1 unspecified atom stereocenters. The number of hydrogen-bond acceptors (Lipinski definition) is 2. The summed E-state index contributed by atoms with van der Waals surface area (Å²) in [5, 5.41) is 0. The first-order valence-corrected chi connectivity index (χ1v) is 20.1. The van der Waals surface area contributed by atoms with Crippen LogP contribution in [0.4, 0.5) is 17.1 Å². The van der Waals surface area contributed by atoms with Crippen LogP contribution in [0.1, 0.15) is 40.5 Å². The quantitative estimate of drug-likeness (QED) is 0.124. The summed E-state index contributed by atoms with van der Waals surface area (Å²) in [5.74, 6) is 1.08. The topological polar surface area (TPSA) is 6.48 Å². The van der Waals surface area contributed by atoms with Gasteiger partial charge in [-0.3, -0.25) is 0 Å². The van der Waals surface area contributed by atoms with Crippen LogP contribution in [0.15, 0.2) is 188 Å². The number of hydrogen-bond donors (Lipinski definition) is 0. The second kappa shape index (κ2) is 16.2. The van der Waals surface area contributed by atoms with E-state index in [2.05, 4.69) is 226 Å². The van der Waals surface area contributed by atoms with E-state index in [4.69, 9.17) is 0 Å². The Morgan fingerprint density at radius 2 is 0.764 bits per heavy atom. The Morgan fingerprint density at radius 1 is 0.382 bits per heavy atom. The van der Waals surface area contributed by atoms with Gasteiger partial charge in [-0.15, -0.1) is 0 Å². The summed E-state index contributed by atoms with van der Waals surface area (Å²) in [5.41, 5.74) is 13.7. The van der Waals surface area contributed by atoms with Gasteiger partial charge in [0.2, 0.25) is 0 Å². The molecule has 2 nitrogen and oxygen atoms in total. The number of benzene rings is 7. The van der Waals surface area contributed by atoms with Crippen molar-refractivity contribution in [3.63, 3.8) is 0 Å². The minimum absolute atomic E-state index is 0.267. The second-order valence-electron chi connectivity index (χ2n) is 15.5. The summed E-state index contributed by atoms with van der Waals surface area (Å²) >= 11 is 0. The molecule has 274 valence electrons. The van der Waals surface area contributed by atoms with Gasteiger partial charge in [0.25, 0.3) is 0 Å². The van der Waals surface area contributed by atoms with Crippen molar-refractivity contribution < 1.29 is 0 Å². The average Bonchev–Trinajstić information content (AvgIpc) is 3.22. The van der Waals surface area contributed by atoms with Crippen LogP contribution in [0.2, 0.25) is 0 Å². The lowest BCUT2D eigenvalue weighted by Crippen LogP contribution is -2.53. The van der Waals surface area contributed by atoms with Crippen LogP contribution in [0.3, 0.4) is 0 Å². The molecule has 0 heterocycles. The third kappa shape index (κ3) is 7.60. The summed E-state index contributed by atoms with van der Waals surface area (Å²) in [6.07, 6.45) is 2.46. The minimum atomic E-state index is 0.267. The van der Waals surface area contributed by atoms with E-state index in [1.807, 2.05) is 0 Å². The largest absolute Gasteiger partial charge is 0.366 e. The van der Waals surface area contributed by atoms with E-state index in [1.54, 1.807) is 0 Å². The van der Waals surface area contributed by atoms with Crippen molar-refractivity contribution in [2.75, 3.05) is 9.80 Å². The molecule has 0 spiro atoms. The fourth-order valence-electron chi connectivity index (χ4n) is 9.05. The Labute approximate surface area is 328 Å². The van der Waals surface area contributed by atoms with Gasteiger partial charge in [-0.25, -0.2) is 0 Å². The molecular formula is C53H52N2. The van der Waals surface area contributed by atoms with Gasteiger partial charge < -0.3 is 9.80 Å². The van der Waals surface area contributed by atoms with Crippen molar-refractivity contribution >= 4 is 17.1 Å². The zero-order valence-electron chi connectivity index (χ0n) is 32.6. The third-order valence-corrected chi connectivity index (χ3v) is 12.0. The Morgan fingerprint density at radius 3 is 1.22 bits per heavy atom. The molecule has 0 bridgehead atoms. The van der Waals surface area contributed by atoms with Crippen LogP contribution in [0.5, 0.6) is 0 Å². The highest BCUT2D eigenvalue weighted by Crippen LogP contribution is 2.48. The molecule has 0 saturated heterocycles. The zero-order valence-corrected chi connectivity index (χ0v) is 32.6. The van der Waals surface area contributed by atoms with E-state index in [1.165, 1.54) is 74.4 Å². The van der Waals surface area contributed by atoms with Gasteiger partial charge in [0.05, 0.1) is 0 Å². The zero-order chi connectivity index (χ0) is 37.7. The van der Waals surface area contributed by atoms with Crippen LogP contribution in [0.25, 0.3) is 44.5 Å². The lowest BCUT2D eigenvalue weighted by Gasteiger charge is -2.52. The summed E-state index contributed by atoms with van der Waals surface area (Å²) < 4.78 is 0. The molecule has 0 amide bonds. The number of anilines is 3. The van der Waals surface area contributed by atoms with Gasteiger partial charge >= 0.3 is 0 Å². The van der Waals surface area contributed by atoms with Gasteiger partial charge in [0.15, 0.2) is 0 Å². The van der Waals surface area contributed by atoms with Crippen molar-refractivity contribution in [2.45, 2.75) is 58.7 Å². The highest BCUT2D eigenvalue weighted by atomic mass is 15.2. The highest BCUT2D eigenvalue weighted by Gasteiger charge is 2.43. The number of rotatable bonds is 12. The second-order valence-corrected chi connectivity index (χ2v) is 15.5. The van der Waals surface area contributed by atoms with E-state index < -0.39 is 0 Å². The first kappa shape index (κ1) is 36.1. The van der Waals surface area contributed by atoms with E-state index >= 15 is 0 Å². The van der Waals surface area contributed by atoms with E-state index in [0.717, 1.165) is 0 Å². The monoisotopic (exact) mass is 716 g/mol. The molecule has 1 aliphatic carbocycles. The number of nitrogens with zero attached hydrogens (tertiary/aromatic N) is 2. The molecule has 0 radical (unpaired) electrons. The maximum atomic E-state index is 2.67. The van der Waals surface area contributed by atoms with Gasteiger partial charge in [-0.1, -0.05) is 152 Å². The predicted octanol–water partition coefficient (Wildman–Crippen LogP) is 14.2. The normalized spacial score (nSPS) is 16.2. The smallest absolute Gasteiger partial charge is 0.0493 e. The van der Waals surface area contributed by atoms with Gasteiger partial charge in [0.1, 0.15) is 0 Å². The van der Waals surface area contributed by atoms with Crippen molar-refractivity contribution in [2.24, 2.45) is 11.8 Å². The summed E-state index contributed by atoms with van der Waals surface area (Å²) in [4.78, 5) is 5.32.